The second-order valence-electron chi connectivity index (χ2n) is 6.94. The first-order valence-corrected chi connectivity index (χ1v) is 8.17. The molecule has 0 aromatic rings. The highest BCUT2D eigenvalue weighted by molar-refractivity contribution is 9.09. The van der Waals surface area contributed by atoms with E-state index >= 15 is 0 Å². The lowest BCUT2D eigenvalue weighted by Crippen LogP contribution is -2.56. The summed E-state index contributed by atoms with van der Waals surface area (Å²) in [6, 6.07) is 0. The maximum absolute atomic E-state index is 10.3. The Morgan fingerprint density at radius 2 is 1.94 bits per heavy atom. The third-order valence-corrected chi connectivity index (χ3v) is 7.88. The number of hydrogen-bond acceptors (Lipinski definition) is 1. The van der Waals surface area contributed by atoms with Crippen LogP contribution in [0.3, 0.4) is 0 Å². The van der Waals surface area contributed by atoms with E-state index in [0.717, 1.165) is 32.1 Å². The number of hydrogen-bond donors (Lipinski definition) is 1. The maximum atomic E-state index is 10.3. The first-order valence-electron chi connectivity index (χ1n) is 6.82. The lowest BCUT2D eigenvalue weighted by Gasteiger charge is -2.59. The van der Waals surface area contributed by atoms with Gasteiger partial charge in [-0.25, -0.2) is 0 Å². The third-order valence-electron chi connectivity index (χ3n) is 5.65. The molecule has 0 aliphatic heterocycles. The smallest absolute Gasteiger partial charge is 0.0783 e. The van der Waals surface area contributed by atoms with Crippen molar-refractivity contribution in [3.63, 3.8) is 0 Å². The number of allylic oxidation sites excluding steroid dienone is 1. The zero-order valence-electron chi connectivity index (χ0n) is 11.6. The lowest BCUT2D eigenvalue weighted by molar-refractivity contribution is -0.0506. The first kappa shape index (κ1) is 14.9. The molecule has 104 valence electrons. The van der Waals surface area contributed by atoms with Gasteiger partial charge in [-0.15, -0.1) is 11.6 Å². The van der Waals surface area contributed by atoms with E-state index in [1.807, 2.05) is 6.92 Å². The van der Waals surface area contributed by atoms with Crippen molar-refractivity contribution < 1.29 is 5.11 Å². The van der Waals surface area contributed by atoms with Crippen molar-refractivity contribution >= 4 is 27.5 Å². The van der Waals surface area contributed by atoms with Crippen LogP contribution < -0.4 is 0 Å². The van der Waals surface area contributed by atoms with Gasteiger partial charge in [-0.1, -0.05) is 41.9 Å². The molecule has 0 radical (unpaired) electrons. The van der Waals surface area contributed by atoms with Crippen LogP contribution in [0.2, 0.25) is 0 Å². The molecule has 0 amide bonds. The Morgan fingerprint density at radius 3 is 2.50 bits per heavy atom. The van der Waals surface area contributed by atoms with E-state index in [1.54, 1.807) is 0 Å². The van der Waals surface area contributed by atoms with E-state index in [-0.39, 0.29) is 16.2 Å². The minimum atomic E-state index is -0.734. The Balaban J connectivity index is 2.37. The molecule has 1 spiro atoms. The molecule has 0 bridgehead atoms. The maximum Gasteiger partial charge on any atom is 0.0783 e. The quantitative estimate of drug-likeness (QED) is 0.504. The second-order valence-corrected chi connectivity index (χ2v) is 8.57. The van der Waals surface area contributed by atoms with Gasteiger partial charge in [-0.3, -0.25) is 0 Å². The average Bonchev–Trinajstić information content (AvgIpc) is 2.27. The fourth-order valence-corrected chi connectivity index (χ4v) is 4.85. The van der Waals surface area contributed by atoms with Crippen molar-refractivity contribution in [3.05, 3.63) is 12.2 Å². The standard InChI is InChI=1S/C15H24BrClO/c1-10-5-6-11(16)13(2,3)15(10)8-7-14(4,18)12(17)9-15/h11-12,18H,1,5-9H2,2-4H3/t11-,12+,14-,15+/m1/s1. The highest BCUT2D eigenvalue weighted by Crippen LogP contribution is 2.63. The van der Waals surface area contributed by atoms with Crippen molar-refractivity contribution in [2.45, 2.75) is 68.7 Å². The molecule has 1 N–H and O–H groups in total. The van der Waals surface area contributed by atoms with Crippen molar-refractivity contribution in [1.82, 2.24) is 0 Å². The Hall–Kier alpha value is 0.470. The van der Waals surface area contributed by atoms with E-state index in [9.17, 15) is 5.11 Å². The molecule has 1 nitrogen and oxygen atoms in total. The highest BCUT2D eigenvalue weighted by Gasteiger charge is 2.57. The zero-order valence-corrected chi connectivity index (χ0v) is 13.9. The van der Waals surface area contributed by atoms with E-state index < -0.39 is 5.60 Å². The summed E-state index contributed by atoms with van der Waals surface area (Å²) in [5, 5.41) is 10.1. The molecule has 4 atom stereocenters. The minimum Gasteiger partial charge on any atom is -0.389 e. The summed E-state index contributed by atoms with van der Waals surface area (Å²) in [7, 11) is 0. The third kappa shape index (κ3) is 1.99. The summed E-state index contributed by atoms with van der Waals surface area (Å²) < 4.78 is 0. The summed E-state index contributed by atoms with van der Waals surface area (Å²) >= 11 is 10.3. The average molecular weight is 336 g/mol. The molecule has 0 unspecified atom stereocenters. The molecule has 3 heteroatoms. The van der Waals surface area contributed by atoms with Gasteiger partial charge in [0.1, 0.15) is 0 Å². The highest BCUT2D eigenvalue weighted by atomic mass is 79.9. The van der Waals surface area contributed by atoms with Gasteiger partial charge in [0.15, 0.2) is 0 Å². The van der Waals surface area contributed by atoms with Crippen molar-refractivity contribution in [1.29, 1.82) is 0 Å². The topological polar surface area (TPSA) is 20.2 Å². The Labute approximate surface area is 124 Å². The van der Waals surface area contributed by atoms with Crippen LogP contribution in [0.15, 0.2) is 12.2 Å². The normalized spacial score (nSPS) is 48.4. The molecule has 2 saturated carbocycles. The summed E-state index contributed by atoms with van der Waals surface area (Å²) in [6.45, 7) is 10.8. The van der Waals surface area contributed by atoms with Crippen molar-refractivity contribution in [2.75, 3.05) is 0 Å². The molecule has 0 aromatic heterocycles. The molecule has 2 fully saturated rings. The molecule has 2 aliphatic carbocycles. The largest absolute Gasteiger partial charge is 0.389 e. The second kappa shape index (κ2) is 4.49. The number of halogens is 2. The lowest BCUT2D eigenvalue weighted by atomic mass is 9.49. The van der Waals surface area contributed by atoms with Crippen LogP contribution in [0.25, 0.3) is 0 Å². The molecule has 0 aromatic carbocycles. The van der Waals surface area contributed by atoms with Crippen LogP contribution in [0.4, 0.5) is 0 Å². The van der Waals surface area contributed by atoms with Crippen molar-refractivity contribution in [2.24, 2.45) is 10.8 Å². The van der Waals surface area contributed by atoms with Gasteiger partial charge in [0, 0.05) is 4.83 Å². The summed E-state index contributed by atoms with van der Waals surface area (Å²) in [6.07, 6.45) is 4.83. The van der Waals surface area contributed by atoms with E-state index in [1.165, 1.54) is 5.57 Å². The van der Waals surface area contributed by atoms with Crippen LogP contribution in [0.5, 0.6) is 0 Å². The molecule has 2 rings (SSSR count). The predicted octanol–water partition coefficient (Wildman–Crippen LogP) is 4.65. The Morgan fingerprint density at radius 1 is 1.33 bits per heavy atom. The van der Waals surface area contributed by atoms with Gasteiger partial charge in [-0.2, -0.15) is 0 Å². The number of aliphatic hydroxyl groups is 1. The van der Waals surface area contributed by atoms with Crippen LogP contribution in [0.1, 0.15) is 52.9 Å². The number of rotatable bonds is 0. The van der Waals surface area contributed by atoms with Crippen LogP contribution in [-0.2, 0) is 0 Å². The van der Waals surface area contributed by atoms with Gasteiger partial charge < -0.3 is 5.11 Å². The molecule has 0 saturated heterocycles. The Bertz CT molecular complexity index is 364. The van der Waals surface area contributed by atoms with E-state index in [2.05, 4.69) is 36.4 Å². The van der Waals surface area contributed by atoms with E-state index in [4.69, 9.17) is 11.6 Å². The van der Waals surface area contributed by atoms with Crippen molar-refractivity contribution in [3.8, 4) is 0 Å². The predicted molar refractivity (Wildman–Crippen MR) is 81.4 cm³/mol. The summed E-state index contributed by atoms with van der Waals surface area (Å²) in [4.78, 5) is 0.502. The molecule has 0 heterocycles. The van der Waals surface area contributed by atoms with E-state index in [0.29, 0.717) is 4.83 Å². The summed E-state index contributed by atoms with van der Waals surface area (Å²) in [5.74, 6) is 0. The molecular formula is C15H24BrClO. The van der Waals surface area contributed by atoms with Gasteiger partial charge in [0.25, 0.3) is 0 Å². The van der Waals surface area contributed by atoms with Gasteiger partial charge in [-0.05, 0) is 49.9 Å². The van der Waals surface area contributed by atoms with Gasteiger partial charge in [0.05, 0.1) is 11.0 Å². The first-order chi connectivity index (χ1) is 8.13. The van der Waals surface area contributed by atoms with Gasteiger partial charge >= 0.3 is 0 Å². The minimum absolute atomic E-state index is 0.0775. The van der Waals surface area contributed by atoms with Crippen LogP contribution in [-0.4, -0.2) is 20.9 Å². The molecule has 18 heavy (non-hydrogen) atoms. The summed E-state index contributed by atoms with van der Waals surface area (Å²) in [5.41, 5.74) is 0.826. The fourth-order valence-electron chi connectivity index (χ4n) is 3.81. The monoisotopic (exact) mass is 334 g/mol. The van der Waals surface area contributed by atoms with Crippen LogP contribution in [0, 0.1) is 10.8 Å². The molecule has 2 aliphatic rings. The fraction of sp³-hybridized carbons (Fsp3) is 0.867. The number of alkyl halides is 2. The SMILES string of the molecule is C=C1CC[C@@H](Br)C(C)(C)[C@]12CC[C@@](C)(O)[C@@H](Cl)C2. The van der Waals surface area contributed by atoms with Crippen LogP contribution >= 0.6 is 27.5 Å². The zero-order chi connectivity index (χ0) is 13.8. The molecular weight excluding hydrogens is 312 g/mol. The Kier molecular flexibility index (Phi) is 3.71. The van der Waals surface area contributed by atoms with Gasteiger partial charge in [0.2, 0.25) is 0 Å².